The van der Waals surface area contributed by atoms with Gasteiger partial charge in [-0.1, -0.05) is 0 Å². The van der Waals surface area contributed by atoms with Crippen molar-refractivity contribution in [1.82, 2.24) is 0 Å². The maximum absolute atomic E-state index is 12.7. The second kappa shape index (κ2) is 4.60. The molecule has 17 heavy (non-hydrogen) atoms. The lowest BCUT2D eigenvalue weighted by atomic mass is 10.1. The van der Waals surface area contributed by atoms with Crippen LogP contribution >= 0.6 is 0 Å². The smallest absolute Gasteiger partial charge is 0.294 e. The molecule has 0 aliphatic heterocycles. The Kier molecular flexibility index (Phi) is 3.59. The second-order valence-electron chi connectivity index (χ2n) is 3.18. The summed E-state index contributed by atoms with van der Waals surface area (Å²) in [7, 11) is 0. The quantitative estimate of drug-likeness (QED) is 0.471. The second-order valence-corrected chi connectivity index (χ2v) is 3.18. The molecule has 1 aromatic carbocycles. The van der Waals surface area contributed by atoms with Crippen molar-refractivity contribution in [2.75, 3.05) is 0 Å². The third kappa shape index (κ3) is 3.61. The van der Waals surface area contributed by atoms with E-state index >= 15 is 0 Å². The minimum absolute atomic E-state index is 0.461. The van der Waals surface area contributed by atoms with E-state index in [1.165, 1.54) is 0 Å². The van der Waals surface area contributed by atoms with Crippen LogP contribution in [-0.4, -0.2) is 17.7 Å². The Morgan fingerprint density at radius 2 is 1.47 bits per heavy atom. The molecule has 1 rings (SSSR count). The summed E-state index contributed by atoms with van der Waals surface area (Å²) in [6, 6.07) is 1.59. The summed E-state index contributed by atoms with van der Waals surface area (Å²) in [4.78, 5) is 21.6. The molecule has 0 aliphatic carbocycles. The minimum Gasteiger partial charge on any atom is -0.294 e. The summed E-state index contributed by atoms with van der Waals surface area (Å²) in [6.45, 7) is 0. The van der Waals surface area contributed by atoms with Crippen molar-refractivity contribution in [3.8, 4) is 0 Å². The molecule has 0 aliphatic rings. The van der Waals surface area contributed by atoms with Crippen LogP contribution in [0.2, 0.25) is 0 Å². The first-order chi connectivity index (χ1) is 7.70. The van der Waals surface area contributed by atoms with Gasteiger partial charge in [-0.25, -0.2) is 8.78 Å². The lowest BCUT2D eigenvalue weighted by Crippen LogP contribution is -2.25. The molecule has 1 aromatic rings. The number of ketones is 2. The van der Waals surface area contributed by atoms with Gasteiger partial charge in [0.1, 0.15) is 11.6 Å². The average molecular weight is 252 g/mol. The molecule has 0 saturated heterocycles. The Morgan fingerprint density at radius 1 is 1.00 bits per heavy atom. The number of carbonyl (C=O) groups is 2. The number of carbonyl (C=O) groups excluding carboxylic acids is 2. The molecule has 0 radical (unpaired) electrons. The molecule has 92 valence electrons. The molecule has 0 N–H and O–H groups in total. The van der Waals surface area contributed by atoms with Gasteiger partial charge in [0.2, 0.25) is 5.78 Å². The lowest BCUT2D eigenvalue weighted by molar-refractivity contribution is -0.170. The zero-order chi connectivity index (χ0) is 13.2. The van der Waals surface area contributed by atoms with E-state index in [4.69, 9.17) is 0 Å². The van der Waals surface area contributed by atoms with Crippen LogP contribution in [0.15, 0.2) is 18.2 Å². The van der Waals surface area contributed by atoms with E-state index in [0.29, 0.717) is 18.2 Å². The standard InChI is InChI=1S/C10H5F5O2/c11-6-1-5(2-7(12)3-6)8(16)4-9(17)10(13,14)15/h1-3H,4H2. The van der Waals surface area contributed by atoms with Gasteiger partial charge in [0.25, 0.3) is 0 Å². The first-order valence-corrected chi connectivity index (χ1v) is 4.29. The van der Waals surface area contributed by atoms with Crippen molar-refractivity contribution in [3.05, 3.63) is 35.4 Å². The number of Topliss-reactive ketones (excluding diaryl/α,β-unsaturated/α-hetero) is 2. The number of halogens is 5. The highest BCUT2D eigenvalue weighted by Crippen LogP contribution is 2.19. The van der Waals surface area contributed by atoms with Crippen LogP contribution in [0.3, 0.4) is 0 Å². The van der Waals surface area contributed by atoms with Gasteiger partial charge in [-0.05, 0) is 12.1 Å². The van der Waals surface area contributed by atoms with Crippen LogP contribution < -0.4 is 0 Å². The molecule has 0 saturated carbocycles. The van der Waals surface area contributed by atoms with Crippen LogP contribution in [0, 0.1) is 11.6 Å². The van der Waals surface area contributed by atoms with Crippen LogP contribution in [0.1, 0.15) is 16.8 Å². The molecule has 0 heterocycles. The summed E-state index contributed by atoms with van der Waals surface area (Å²) in [5.41, 5.74) is -0.611. The van der Waals surface area contributed by atoms with E-state index < -0.39 is 41.4 Å². The summed E-state index contributed by atoms with van der Waals surface area (Å²) < 4.78 is 60.8. The monoisotopic (exact) mass is 252 g/mol. The van der Waals surface area contributed by atoms with Crippen molar-refractivity contribution in [3.63, 3.8) is 0 Å². The largest absolute Gasteiger partial charge is 0.450 e. The molecule has 0 aromatic heterocycles. The maximum atomic E-state index is 12.7. The highest BCUT2D eigenvalue weighted by atomic mass is 19.4. The summed E-state index contributed by atoms with van der Waals surface area (Å²) in [5, 5.41) is 0. The van der Waals surface area contributed by atoms with E-state index in [2.05, 4.69) is 0 Å². The van der Waals surface area contributed by atoms with Gasteiger partial charge >= 0.3 is 6.18 Å². The molecule has 0 amide bonds. The highest BCUT2D eigenvalue weighted by molar-refractivity contribution is 6.09. The first-order valence-electron chi connectivity index (χ1n) is 4.29. The Morgan fingerprint density at radius 3 is 1.88 bits per heavy atom. The zero-order valence-corrected chi connectivity index (χ0v) is 8.15. The van der Waals surface area contributed by atoms with E-state index in [1.54, 1.807) is 0 Å². The van der Waals surface area contributed by atoms with E-state index in [-0.39, 0.29) is 0 Å². The fourth-order valence-corrected chi connectivity index (χ4v) is 1.06. The number of benzene rings is 1. The minimum atomic E-state index is -5.14. The van der Waals surface area contributed by atoms with Gasteiger partial charge in [0.15, 0.2) is 5.78 Å². The van der Waals surface area contributed by atoms with E-state index in [0.717, 1.165) is 0 Å². The molecule has 0 bridgehead atoms. The molecule has 0 fully saturated rings. The predicted octanol–water partition coefficient (Wildman–Crippen LogP) is 2.67. The van der Waals surface area contributed by atoms with Crippen molar-refractivity contribution < 1.29 is 31.5 Å². The van der Waals surface area contributed by atoms with Gasteiger partial charge in [0.05, 0.1) is 6.42 Å². The molecular weight excluding hydrogens is 247 g/mol. The van der Waals surface area contributed by atoms with Crippen molar-refractivity contribution in [2.45, 2.75) is 12.6 Å². The molecule has 0 unspecified atom stereocenters. The highest BCUT2D eigenvalue weighted by Gasteiger charge is 2.39. The number of hydrogen-bond acceptors (Lipinski definition) is 2. The molecule has 7 heteroatoms. The summed E-state index contributed by atoms with van der Waals surface area (Å²) in [6.07, 6.45) is -6.60. The lowest BCUT2D eigenvalue weighted by Gasteiger charge is -2.04. The normalized spacial score (nSPS) is 11.4. The average Bonchev–Trinajstić information content (AvgIpc) is 2.14. The SMILES string of the molecule is O=C(CC(=O)C(F)(F)F)c1cc(F)cc(F)c1. The van der Waals surface area contributed by atoms with Gasteiger partial charge in [-0.2, -0.15) is 13.2 Å². The van der Waals surface area contributed by atoms with E-state index in [9.17, 15) is 31.5 Å². The van der Waals surface area contributed by atoms with Crippen LogP contribution in [0.25, 0.3) is 0 Å². The summed E-state index contributed by atoms with van der Waals surface area (Å²) in [5.74, 6) is -5.75. The van der Waals surface area contributed by atoms with E-state index in [1.807, 2.05) is 0 Å². The maximum Gasteiger partial charge on any atom is 0.450 e. The fourth-order valence-electron chi connectivity index (χ4n) is 1.06. The van der Waals surface area contributed by atoms with Crippen LogP contribution in [-0.2, 0) is 4.79 Å². The number of hydrogen-bond donors (Lipinski definition) is 0. The van der Waals surface area contributed by atoms with Gasteiger partial charge in [-0.3, -0.25) is 9.59 Å². The summed E-state index contributed by atoms with van der Waals surface area (Å²) >= 11 is 0. The third-order valence-corrected chi connectivity index (χ3v) is 1.82. The molecule has 0 atom stereocenters. The Balaban J connectivity index is 2.87. The van der Waals surface area contributed by atoms with Crippen molar-refractivity contribution in [1.29, 1.82) is 0 Å². The first kappa shape index (κ1) is 13.3. The number of rotatable bonds is 3. The number of alkyl halides is 3. The van der Waals surface area contributed by atoms with Gasteiger partial charge in [-0.15, -0.1) is 0 Å². The zero-order valence-electron chi connectivity index (χ0n) is 8.15. The van der Waals surface area contributed by atoms with Gasteiger partial charge < -0.3 is 0 Å². The van der Waals surface area contributed by atoms with Crippen molar-refractivity contribution >= 4 is 11.6 Å². The van der Waals surface area contributed by atoms with Gasteiger partial charge in [0, 0.05) is 11.6 Å². The Labute approximate surface area is 92.0 Å². The Bertz CT molecular complexity index is 444. The predicted molar refractivity (Wildman–Crippen MR) is 46.4 cm³/mol. The van der Waals surface area contributed by atoms with Crippen LogP contribution in [0.4, 0.5) is 22.0 Å². The molecule has 2 nitrogen and oxygen atoms in total. The molecule has 0 spiro atoms. The fraction of sp³-hybridized carbons (Fsp3) is 0.200. The van der Waals surface area contributed by atoms with Crippen molar-refractivity contribution in [2.24, 2.45) is 0 Å². The van der Waals surface area contributed by atoms with Crippen LogP contribution in [0.5, 0.6) is 0 Å². The molecular formula is C10H5F5O2. The topological polar surface area (TPSA) is 34.1 Å². The third-order valence-electron chi connectivity index (χ3n) is 1.82. The Hall–Kier alpha value is -1.79.